The SMILES string of the molecule is C#Cc1ccc(C[SH]2CCNCC2)cc1. The number of hydrogen-bond donors (Lipinski definition) is 2. The molecule has 0 radical (unpaired) electrons. The van der Waals surface area contributed by atoms with E-state index in [1.165, 1.54) is 35.9 Å². The zero-order valence-electron chi connectivity index (χ0n) is 8.87. The smallest absolute Gasteiger partial charge is 0.0242 e. The van der Waals surface area contributed by atoms with Crippen LogP contribution in [0.25, 0.3) is 0 Å². The molecule has 1 N–H and O–H groups in total. The van der Waals surface area contributed by atoms with E-state index in [-0.39, 0.29) is 10.9 Å². The normalized spacial score (nSPS) is 18.5. The lowest BCUT2D eigenvalue weighted by Crippen LogP contribution is -2.29. The Balaban J connectivity index is 1.95. The third-order valence-corrected chi connectivity index (χ3v) is 5.26. The summed E-state index contributed by atoms with van der Waals surface area (Å²) in [6.07, 6.45) is 5.33. The molecule has 2 heteroatoms. The highest BCUT2D eigenvalue weighted by atomic mass is 32.2. The van der Waals surface area contributed by atoms with Gasteiger partial charge in [0.15, 0.2) is 0 Å². The van der Waals surface area contributed by atoms with E-state index in [0.717, 1.165) is 5.56 Å². The molecule has 1 saturated heterocycles. The molecular formula is C13H17NS. The van der Waals surface area contributed by atoms with Crippen LogP contribution in [0.4, 0.5) is 0 Å². The summed E-state index contributed by atoms with van der Waals surface area (Å²) in [6, 6.07) is 8.46. The fourth-order valence-electron chi connectivity index (χ4n) is 1.83. The Hall–Kier alpha value is -0.910. The van der Waals surface area contributed by atoms with Crippen molar-refractivity contribution in [3.8, 4) is 12.3 Å². The van der Waals surface area contributed by atoms with Crippen molar-refractivity contribution in [3.05, 3.63) is 35.4 Å². The third kappa shape index (κ3) is 3.02. The Morgan fingerprint density at radius 1 is 1.20 bits per heavy atom. The van der Waals surface area contributed by atoms with Crippen molar-refractivity contribution in [1.29, 1.82) is 0 Å². The lowest BCUT2D eigenvalue weighted by atomic mass is 10.2. The summed E-state index contributed by atoms with van der Waals surface area (Å²) in [7, 11) is 0.224. The molecule has 0 aromatic heterocycles. The molecule has 1 nitrogen and oxygen atoms in total. The summed E-state index contributed by atoms with van der Waals surface area (Å²) in [5.74, 6) is 6.65. The molecule has 0 aliphatic carbocycles. The van der Waals surface area contributed by atoms with E-state index in [0.29, 0.717) is 0 Å². The molecule has 0 unspecified atom stereocenters. The van der Waals surface area contributed by atoms with E-state index < -0.39 is 0 Å². The van der Waals surface area contributed by atoms with Gasteiger partial charge in [-0.05, 0) is 29.2 Å². The first kappa shape index (κ1) is 10.6. The maximum atomic E-state index is 5.33. The van der Waals surface area contributed by atoms with Crippen LogP contribution in [-0.2, 0) is 5.75 Å². The fourth-order valence-corrected chi connectivity index (χ4v) is 4.05. The number of thiol groups is 1. The van der Waals surface area contributed by atoms with Crippen molar-refractivity contribution < 1.29 is 0 Å². The number of nitrogens with one attached hydrogen (secondary N) is 1. The third-order valence-electron chi connectivity index (χ3n) is 2.74. The molecule has 1 heterocycles. The van der Waals surface area contributed by atoms with Gasteiger partial charge in [-0.1, -0.05) is 18.1 Å². The quantitative estimate of drug-likeness (QED) is 0.571. The molecule has 0 spiro atoms. The molecular weight excluding hydrogens is 202 g/mol. The molecule has 0 atom stereocenters. The number of terminal acetylenes is 1. The predicted octanol–water partition coefficient (Wildman–Crippen LogP) is 1.77. The van der Waals surface area contributed by atoms with Crippen molar-refractivity contribution in [1.82, 2.24) is 5.32 Å². The number of rotatable bonds is 2. The Morgan fingerprint density at radius 2 is 1.87 bits per heavy atom. The lowest BCUT2D eigenvalue weighted by Gasteiger charge is -2.26. The van der Waals surface area contributed by atoms with Crippen LogP contribution in [0.3, 0.4) is 0 Å². The van der Waals surface area contributed by atoms with Gasteiger partial charge in [0.2, 0.25) is 0 Å². The van der Waals surface area contributed by atoms with E-state index in [4.69, 9.17) is 6.42 Å². The molecule has 80 valence electrons. The highest BCUT2D eigenvalue weighted by molar-refractivity contribution is 8.16. The zero-order chi connectivity index (χ0) is 10.5. The largest absolute Gasteiger partial charge is 0.315 e. The monoisotopic (exact) mass is 219 g/mol. The molecule has 15 heavy (non-hydrogen) atoms. The number of benzene rings is 1. The summed E-state index contributed by atoms with van der Waals surface area (Å²) >= 11 is 0. The van der Waals surface area contributed by atoms with Crippen LogP contribution in [0.2, 0.25) is 0 Å². The highest BCUT2D eigenvalue weighted by Gasteiger charge is 2.09. The summed E-state index contributed by atoms with van der Waals surface area (Å²) in [5, 5.41) is 3.41. The summed E-state index contributed by atoms with van der Waals surface area (Å²) in [4.78, 5) is 0. The lowest BCUT2D eigenvalue weighted by molar-refractivity contribution is 0.751. The summed E-state index contributed by atoms with van der Waals surface area (Å²) in [6.45, 7) is 2.41. The molecule has 1 aliphatic heterocycles. The van der Waals surface area contributed by atoms with Crippen LogP contribution >= 0.6 is 10.9 Å². The van der Waals surface area contributed by atoms with Gasteiger partial charge in [-0.3, -0.25) is 0 Å². The first-order chi connectivity index (χ1) is 7.38. The first-order valence-electron chi connectivity index (χ1n) is 5.37. The van der Waals surface area contributed by atoms with E-state index in [1.807, 2.05) is 12.1 Å². The van der Waals surface area contributed by atoms with Crippen molar-refractivity contribution in [2.24, 2.45) is 0 Å². The second-order valence-corrected chi connectivity index (χ2v) is 6.42. The van der Waals surface area contributed by atoms with E-state index in [1.54, 1.807) is 0 Å². The molecule has 2 rings (SSSR count). The molecule has 1 aromatic rings. The Kier molecular flexibility index (Phi) is 3.71. The molecule has 1 fully saturated rings. The molecule has 0 saturated carbocycles. The average molecular weight is 219 g/mol. The van der Waals surface area contributed by atoms with Gasteiger partial charge < -0.3 is 5.32 Å². The topological polar surface area (TPSA) is 12.0 Å². The van der Waals surface area contributed by atoms with Gasteiger partial charge in [0.1, 0.15) is 0 Å². The summed E-state index contributed by atoms with van der Waals surface area (Å²) in [5.41, 5.74) is 2.43. The maximum Gasteiger partial charge on any atom is 0.0242 e. The van der Waals surface area contributed by atoms with Crippen LogP contribution in [0.15, 0.2) is 24.3 Å². The van der Waals surface area contributed by atoms with Crippen LogP contribution in [-0.4, -0.2) is 24.6 Å². The maximum absolute atomic E-state index is 5.33. The minimum Gasteiger partial charge on any atom is -0.315 e. The zero-order valence-corrected chi connectivity index (χ0v) is 9.76. The van der Waals surface area contributed by atoms with Crippen LogP contribution in [0, 0.1) is 12.3 Å². The van der Waals surface area contributed by atoms with Gasteiger partial charge in [0, 0.05) is 24.4 Å². The Labute approximate surface area is 94.6 Å². The molecule has 0 amide bonds. The fraction of sp³-hybridized carbons (Fsp3) is 0.385. The van der Waals surface area contributed by atoms with Gasteiger partial charge in [0.25, 0.3) is 0 Å². The number of hydrogen-bond acceptors (Lipinski definition) is 1. The standard InChI is InChI=1S/C13H17NS/c1-2-12-3-5-13(6-4-12)11-15-9-7-14-8-10-15/h1,3-6,14-15H,7-11H2. The van der Waals surface area contributed by atoms with E-state index in [2.05, 4.69) is 23.4 Å². The molecule has 1 aliphatic rings. The van der Waals surface area contributed by atoms with Crippen molar-refractivity contribution in [3.63, 3.8) is 0 Å². The van der Waals surface area contributed by atoms with Gasteiger partial charge in [-0.25, -0.2) is 10.9 Å². The average Bonchev–Trinajstić information content (AvgIpc) is 2.31. The second kappa shape index (κ2) is 5.25. The van der Waals surface area contributed by atoms with Gasteiger partial charge in [-0.2, -0.15) is 0 Å². The van der Waals surface area contributed by atoms with Crippen molar-refractivity contribution >= 4 is 10.9 Å². The first-order valence-corrected chi connectivity index (χ1v) is 7.27. The minimum atomic E-state index is 0.224. The summed E-state index contributed by atoms with van der Waals surface area (Å²) < 4.78 is 0. The Bertz CT molecular complexity index is 344. The Morgan fingerprint density at radius 3 is 2.47 bits per heavy atom. The van der Waals surface area contributed by atoms with Gasteiger partial charge in [-0.15, -0.1) is 6.42 Å². The molecule has 0 bridgehead atoms. The predicted molar refractivity (Wildman–Crippen MR) is 69.7 cm³/mol. The van der Waals surface area contributed by atoms with Gasteiger partial charge >= 0.3 is 0 Å². The van der Waals surface area contributed by atoms with Crippen molar-refractivity contribution in [2.45, 2.75) is 5.75 Å². The van der Waals surface area contributed by atoms with Crippen LogP contribution in [0.5, 0.6) is 0 Å². The minimum absolute atomic E-state index is 0.224. The van der Waals surface area contributed by atoms with Crippen LogP contribution < -0.4 is 5.32 Å². The highest BCUT2D eigenvalue weighted by Crippen LogP contribution is 2.30. The van der Waals surface area contributed by atoms with Crippen molar-refractivity contribution in [2.75, 3.05) is 24.6 Å². The second-order valence-electron chi connectivity index (χ2n) is 3.87. The van der Waals surface area contributed by atoms with Crippen LogP contribution in [0.1, 0.15) is 11.1 Å². The van der Waals surface area contributed by atoms with E-state index >= 15 is 0 Å². The van der Waals surface area contributed by atoms with Gasteiger partial charge in [0.05, 0.1) is 0 Å². The molecule has 1 aromatic carbocycles. The van der Waals surface area contributed by atoms with E-state index in [9.17, 15) is 0 Å².